The highest BCUT2D eigenvalue weighted by atomic mass is 16.5. The molecular weight excluding hydrogens is 546 g/mol. The van der Waals surface area contributed by atoms with Crippen LogP contribution in [0.3, 0.4) is 0 Å². The molecule has 8 rings (SSSR count). The third-order valence-corrected chi connectivity index (χ3v) is 9.97. The molecule has 0 spiro atoms. The Kier molecular flexibility index (Phi) is 6.15. The van der Waals surface area contributed by atoms with Crippen molar-refractivity contribution in [2.45, 2.75) is 70.1 Å². The molecule has 2 bridgehead atoms. The van der Waals surface area contributed by atoms with Gasteiger partial charge in [0.15, 0.2) is 0 Å². The molecule has 4 aromatic rings. The van der Waals surface area contributed by atoms with Gasteiger partial charge in [0.2, 0.25) is 11.8 Å². The van der Waals surface area contributed by atoms with Gasteiger partial charge < -0.3 is 30.0 Å². The van der Waals surface area contributed by atoms with E-state index in [1.54, 1.807) is 17.8 Å². The Morgan fingerprint density at radius 2 is 2.02 bits per heavy atom. The summed E-state index contributed by atoms with van der Waals surface area (Å²) in [4.78, 5) is 32.0. The number of piperidine rings is 1. The minimum absolute atomic E-state index is 0.00704. The Morgan fingerprint density at radius 3 is 2.72 bits per heavy atom. The number of carbonyl (C=O) groups excluding carboxylic acids is 2. The average Bonchev–Trinajstić information content (AvgIpc) is 3.26. The number of likely N-dealkylation sites (tertiary alicyclic amines) is 1. The van der Waals surface area contributed by atoms with Gasteiger partial charge in [0.1, 0.15) is 29.1 Å². The van der Waals surface area contributed by atoms with E-state index in [0.717, 1.165) is 59.2 Å². The second-order valence-corrected chi connectivity index (χ2v) is 12.8. The van der Waals surface area contributed by atoms with Crippen molar-refractivity contribution in [2.24, 2.45) is 17.6 Å². The minimum Gasteiger partial charge on any atom is -0.494 e. The summed E-state index contributed by atoms with van der Waals surface area (Å²) in [5.41, 5.74) is 11.5. The monoisotopic (exact) mass is 583 g/mol. The zero-order valence-corrected chi connectivity index (χ0v) is 24.6. The number of aryl methyl sites for hydroxylation is 1. The molecular formula is C32H37N7O4. The van der Waals surface area contributed by atoms with E-state index < -0.39 is 0 Å². The number of ether oxygens (including phenoxy) is 2. The molecule has 2 unspecified atom stereocenters. The summed E-state index contributed by atoms with van der Waals surface area (Å²) in [5, 5.41) is 9.07. The van der Waals surface area contributed by atoms with Crippen LogP contribution in [0.4, 0.5) is 0 Å². The van der Waals surface area contributed by atoms with E-state index in [0.29, 0.717) is 48.6 Å². The van der Waals surface area contributed by atoms with Crippen LogP contribution in [-0.2, 0) is 11.3 Å². The summed E-state index contributed by atoms with van der Waals surface area (Å²) >= 11 is 0. The van der Waals surface area contributed by atoms with Crippen molar-refractivity contribution in [1.29, 1.82) is 0 Å². The summed E-state index contributed by atoms with van der Waals surface area (Å²) in [6.07, 6.45) is 9.33. The van der Waals surface area contributed by atoms with E-state index in [1.807, 2.05) is 23.2 Å². The van der Waals surface area contributed by atoms with Crippen LogP contribution in [0.25, 0.3) is 27.8 Å². The Bertz CT molecular complexity index is 1770. The van der Waals surface area contributed by atoms with Crippen molar-refractivity contribution < 1.29 is 19.1 Å². The van der Waals surface area contributed by atoms with Crippen molar-refractivity contribution >= 4 is 28.2 Å². The highest BCUT2D eigenvalue weighted by Crippen LogP contribution is 2.41. The van der Waals surface area contributed by atoms with Gasteiger partial charge in [0.25, 0.3) is 5.91 Å². The van der Waals surface area contributed by atoms with Crippen LogP contribution in [0.5, 0.6) is 11.6 Å². The lowest BCUT2D eigenvalue weighted by Crippen LogP contribution is -2.41. The fraction of sp³-hybridized carbons (Fsp3) is 0.500. The molecule has 4 fully saturated rings. The van der Waals surface area contributed by atoms with Gasteiger partial charge in [0, 0.05) is 54.9 Å². The van der Waals surface area contributed by atoms with E-state index >= 15 is 0 Å². The maximum atomic E-state index is 13.7. The second kappa shape index (κ2) is 9.97. The first-order chi connectivity index (χ1) is 20.9. The number of amides is 2. The van der Waals surface area contributed by atoms with Gasteiger partial charge >= 0.3 is 0 Å². The van der Waals surface area contributed by atoms with Crippen molar-refractivity contribution in [3.63, 3.8) is 0 Å². The number of pyridine rings is 2. The van der Waals surface area contributed by atoms with E-state index in [4.69, 9.17) is 20.3 Å². The summed E-state index contributed by atoms with van der Waals surface area (Å²) < 4.78 is 16.2. The number of rotatable bonds is 8. The molecule has 43 heavy (non-hydrogen) atoms. The third-order valence-electron chi connectivity index (χ3n) is 9.97. The van der Waals surface area contributed by atoms with Gasteiger partial charge in [0.05, 0.1) is 24.4 Å². The van der Waals surface area contributed by atoms with Crippen LogP contribution >= 0.6 is 0 Å². The standard InChI is InChI=1S/C32H37N7O4/c1-17-28(36-39-15-21(12-25(42-2)29(17)39)32(41)38-14-20-5-7-23(38)27(20)33)24-11-19-9-10-34-31(30(19)37(24)13-18-3-4-18)43-16-22-6-8-26(40)35-22/h9-12,15,18,20,22-23,27H,3-8,13-14,16,33H2,1-2H3,(H,35,40)/t20?,22-,23?,27-/m1/s1. The summed E-state index contributed by atoms with van der Waals surface area (Å²) in [7, 11) is 1.63. The number of hydrogen-bond acceptors (Lipinski definition) is 7. The first kappa shape index (κ1) is 26.5. The molecule has 0 radical (unpaired) electrons. The zero-order valence-electron chi connectivity index (χ0n) is 24.6. The van der Waals surface area contributed by atoms with Crippen LogP contribution in [-0.4, -0.2) is 74.3 Å². The number of nitrogens with one attached hydrogen (secondary N) is 1. The molecule has 2 aliphatic carbocycles. The van der Waals surface area contributed by atoms with Crippen molar-refractivity contribution in [1.82, 2.24) is 29.4 Å². The number of nitrogens with zero attached hydrogens (tertiary/aromatic N) is 5. The fourth-order valence-corrected chi connectivity index (χ4v) is 7.46. The predicted molar refractivity (Wildman–Crippen MR) is 160 cm³/mol. The molecule has 11 heteroatoms. The Hall–Kier alpha value is -4.12. The number of carbonyl (C=O) groups is 2. The Labute approximate surface area is 249 Å². The van der Waals surface area contributed by atoms with Crippen molar-refractivity contribution in [2.75, 3.05) is 20.3 Å². The summed E-state index contributed by atoms with van der Waals surface area (Å²) in [5.74, 6) is 2.20. The van der Waals surface area contributed by atoms with Gasteiger partial charge in [-0.3, -0.25) is 9.59 Å². The lowest BCUT2D eigenvalue weighted by atomic mass is 10.1. The Morgan fingerprint density at radius 1 is 1.16 bits per heavy atom. The lowest BCUT2D eigenvalue weighted by Gasteiger charge is -2.27. The van der Waals surface area contributed by atoms with Crippen LogP contribution in [0, 0.1) is 18.8 Å². The molecule has 2 saturated carbocycles. The van der Waals surface area contributed by atoms with Gasteiger partial charge in [-0.2, -0.15) is 5.10 Å². The number of fused-ring (bicyclic) bond motifs is 4. The molecule has 11 nitrogen and oxygen atoms in total. The number of nitrogens with two attached hydrogens (primary N) is 1. The Balaban J connectivity index is 1.20. The molecule has 0 aromatic carbocycles. The summed E-state index contributed by atoms with van der Waals surface area (Å²) in [6, 6.07) is 6.14. The normalized spacial score (nSPS) is 24.8. The molecule has 4 aliphatic rings. The highest BCUT2D eigenvalue weighted by molar-refractivity contribution is 5.96. The topological polar surface area (TPSA) is 129 Å². The van der Waals surface area contributed by atoms with Crippen molar-refractivity contribution in [3.8, 4) is 23.0 Å². The van der Waals surface area contributed by atoms with Crippen LogP contribution in [0.1, 0.15) is 54.4 Å². The van der Waals surface area contributed by atoms with Gasteiger partial charge in [-0.25, -0.2) is 9.50 Å². The molecule has 2 amide bonds. The molecule has 4 aromatic heterocycles. The number of aromatic nitrogens is 4. The summed E-state index contributed by atoms with van der Waals surface area (Å²) in [6.45, 7) is 3.98. The third kappa shape index (κ3) is 4.35. The first-order valence-electron chi connectivity index (χ1n) is 15.4. The maximum Gasteiger partial charge on any atom is 0.255 e. The number of methoxy groups -OCH3 is 1. The maximum absolute atomic E-state index is 13.7. The molecule has 6 heterocycles. The van der Waals surface area contributed by atoms with Crippen LogP contribution in [0.2, 0.25) is 0 Å². The van der Waals surface area contributed by atoms with E-state index in [9.17, 15) is 9.59 Å². The average molecular weight is 584 g/mol. The van der Waals surface area contributed by atoms with Crippen molar-refractivity contribution in [3.05, 3.63) is 41.7 Å². The minimum atomic E-state index is -0.0216. The SMILES string of the molecule is COc1cc(C(=O)N2CC3CCC2[C@@H]3N)cn2nc(-c3cc4ccnc(OC[C@H]5CCC(=O)N5)c4n3CC3CC3)c(C)c12. The quantitative estimate of drug-likeness (QED) is 0.326. The molecule has 4 atom stereocenters. The van der Waals surface area contributed by atoms with Crippen LogP contribution < -0.4 is 20.5 Å². The first-order valence-corrected chi connectivity index (χ1v) is 15.4. The predicted octanol–water partition coefficient (Wildman–Crippen LogP) is 3.30. The highest BCUT2D eigenvalue weighted by Gasteiger charge is 2.47. The zero-order chi connectivity index (χ0) is 29.4. The molecule has 2 aliphatic heterocycles. The van der Waals surface area contributed by atoms with Gasteiger partial charge in [-0.05, 0) is 69.1 Å². The van der Waals surface area contributed by atoms with Crippen LogP contribution in [0.15, 0.2) is 30.6 Å². The second-order valence-electron chi connectivity index (χ2n) is 12.8. The van der Waals surface area contributed by atoms with E-state index in [-0.39, 0.29) is 29.9 Å². The van der Waals surface area contributed by atoms with E-state index in [1.165, 1.54) is 12.8 Å². The molecule has 224 valence electrons. The van der Waals surface area contributed by atoms with E-state index in [2.05, 4.69) is 27.9 Å². The fourth-order valence-electron chi connectivity index (χ4n) is 7.46. The molecule has 2 saturated heterocycles. The smallest absolute Gasteiger partial charge is 0.255 e. The van der Waals surface area contributed by atoms with Gasteiger partial charge in [-0.15, -0.1) is 0 Å². The number of hydrogen-bond donors (Lipinski definition) is 2. The molecule has 3 N–H and O–H groups in total. The lowest BCUT2D eigenvalue weighted by molar-refractivity contribution is -0.119. The largest absolute Gasteiger partial charge is 0.494 e. The van der Waals surface area contributed by atoms with Gasteiger partial charge in [-0.1, -0.05) is 0 Å².